The fourth-order valence-corrected chi connectivity index (χ4v) is 2.64. The van der Waals surface area contributed by atoms with Gasteiger partial charge in [0, 0.05) is 27.0 Å². The van der Waals surface area contributed by atoms with Crippen LogP contribution in [0.4, 0.5) is 0 Å². The zero-order valence-electron chi connectivity index (χ0n) is 8.93. The number of hydrogen-bond donors (Lipinski definition) is 0. The van der Waals surface area contributed by atoms with Gasteiger partial charge in [-0.2, -0.15) is 0 Å². The van der Waals surface area contributed by atoms with E-state index in [1.165, 1.54) is 10.5 Å². The van der Waals surface area contributed by atoms with Gasteiger partial charge in [-0.1, -0.05) is 22.0 Å². The second kappa shape index (κ2) is 5.51. The molecule has 2 rings (SSSR count). The smallest absolute Gasteiger partial charge is 0.0331 e. The van der Waals surface area contributed by atoms with Crippen LogP contribution in [0.1, 0.15) is 17.7 Å². The van der Waals surface area contributed by atoms with Crippen molar-refractivity contribution in [2.45, 2.75) is 17.1 Å². The lowest BCUT2D eigenvalue weighted by atomic mass is 10.2. The number of benzene rings is 1. The predicted octanol–water partition coefficient (Wildman–Crippen LogP) is 4.70. The van der Waals surface area contributed by atoms with E-state index in [9.17, 15) is 0 Å². The summed E-state index contributed by atoms with van der Waals surface area (Å²) in [7, 11) is 0. The van der Waals surface area contributed by atoms with Gasteiger partial charge in [0.25, 0.3) is 0 Å². The average Bonchev–Trinajstić information content (AvgIpc) is 2.33. The Bertz CT molecular complexity index is 441. The lowest BCUT2D eigenvalue weighted by Crippen LogP contribution is -1.88. The number of nitrogens with zero attached hydrogens (tertiary/aromatic N) is 1. The molecule has 0 fully saturated rings. The second-order valence-corrected chi connectivity index (χ2v) is 5.83. The molecule has 1 heterocycles. The minimum Gasteiger partial charge on any atom is -0.264 e. The van der Waals surface area contributed by atoms with E-state index >= 15 is 0 Å². The van der Waals surface area contributed by atoms with Gasteiger partial charge in [-0.05, 0) is 42.8 Å². The summed E-state index contributed by atoms with van der Waals surface area (Å²) in [5.74, 6) is 0. The van der Waals surface area contributed by atoms with Crippen molar-refractivity contribution in [1.82, 2.24) is 4.98 Å². The first kappa shape index (κ1) is 11.7. The summed E-state index contributed by atoms with van der Waals surface area (Å²) in [4.78, 5) is 5.42. The van der Waals surface area contributed by atoms with Crippen LogP contribution >= 0.6 is 27.7 Å². The molecule has 1 aromatic heterocycles. The second-order valence-electron chi connectivity index (χ2n) is 3.50. The Morgan fingerprint density at radius 1 is 1.19 bits per heavy atom. The Kier molecular flexibility index (Phi) is 4.02. The molecular weight excluding hydrogens is 282 g/mol. The zero-order valence-corrected chi connectivity index (χ0v) is 11.3. The Hall–Kier alpha value is -0.800. The van der Waals surface area contributed by atoms with Gasteiger partial charge in [0.15, 0.2) is 0 Å². The summed E-state index contributed by atoms with van der Waals surface area (Å²) < 4.78 is 1.12. The number of rotatable bonds is 3. The summed E-state index contributed by atoms with van der Waals surface area (Å²) >= 11 is 5.28. The zero-order chi connectivity index (χ0) is 11.4. The summed E-state index contributed by atoms with van der Waals surface area (Å²) in [6, 6.07) is 12.5. The van der Waals surface area contributed by atoms with Gasteiger partial charge < -0.3 is 0 Å². The van der Waals surface area contributed by atoms with E-state index in [4.69, 9.17) is 0 Å². The maximum absolute atomic E-state index is 4.14. The fourth-order valence-electron chi connectivity index (χ4n) is 1.40. The lowest BCUT2D eigenvalue weighted by Gasteiger charge is -2.10. The minimum absolute atomic E-state index is 0.426. The van der Waals surface area contributed by atoms with Gasteiger partial charge in [-0.3, -0.25) is 4.98 Å². The van der Waals surface area contributed by atoms with Crippen LogP contribution in [-0.2, 0) is 0 Å². The first-order chi connectivity index (χ1) is 7.75. The van der Waals surface area contributed by atoms with Gasteiger partial charge in [0.05, 0.1) is 0 Å². The Morgan fingerprint density at radius 3 is 2.56 bits per heavy atom. The molecule has 3 heteroatoms. The third-order valence-electron chi connectivity index (χ3n) is 2.28. The topological polar surface area (TPSA) is 12.9 Å². The van der Waals surface area contributed by atoms with E-state index in [1.54, 1.807) is 6.20 Å². The highest BCUT2D eigenvalue weighted by Crippen LogP contribution is 2.34. The van der Waals surface area contributed by atoms with Crippen LogP contribution in [0.15, 0.2) is 58.2 Å². The highest BCUT2D eigenvalue weighted by atomic mass is 79.9. The van der Waals surface area contributed by atoms with Crippen molar-refractivity contribution >= 4 is 27.7 Å². The molecule has 1 atom stereocenters. The molecule has 1 nitrogen and oxygen atoms in total. The molecule has 16 heavy (non-hydrogen) atoms. The largest absolute Gasteiger partial charge is 0.264 e. The molecule has 0 aliphatic heterocycles. The Morgan fingerprint density at radius 2 is 1.94 bits per heavy atom. The van der Waals surface area contributed by atoms with Crippen LogP contribution in [0.25, 0.3) is 0 Å². The molecule has 0 amide bonds. The molecule has 1 aromatic carbocycles. The normalized spacial score (nSPS) is 12.4. The maximum atomic E-state index is 4.14. The van der Waals surface area contributed by atoms with Crippen LogP contribution in [0.2, 0.25) is 0 Å². The first-order valence-corrected chi connectivity index (χ1v) is 6.75. The van der Waals surface area contributed by atoms with E-state index < -0.39 is 0 Å². The van der Waals surface area contributed by atoms with Crippen LogP contribution in [-0.4, -0.2) is 4.98 Å². The third kappa shape index (κ3) is 3.09. The van der Waals surface area contributed by atoms with E-state index in [1.807, 2.05) is 24.0 Å². The standard InChI is InChI=1S/C13H12BrNS/c1-10(11-3-2-8-15-9-11)16-13-6-4-12(14)5-7-13/h2-10H,1H3. The van der Waals surface area contributed by atoms with Crippen LogP contribution in [0.5, 0.6) is 0 Å². The van der Waals surface area contributed by atoms with Gasteiger partial charge in [-0.25, -0.2) is 0 Å². The molecule has 0 radical (unpaired) electrons. The average molecular weight is 294 g/mol. The minimum atomic E-state index is 0.426. The van der Waals surface area contributed by atoms with Crippen LogP contribution in [0, 0.1) is 0 Å². The van der Waals surface area contributed by atoms with Crippen LogP contribution in [0.3, 0.4) is 0 Å². The third-order valence-corrected chi connectivity index (χ3v) is 3.98. The Balaban J connectivity index is 2.08. The van der Waals surface area contributed by atoms with Gasteiger partial charge in [0.2, 0.25) is 0 Å². The lowest BCUT2D eigenvalue weighted by molar-refractivity contribution is 1.07. The molecule has 0 spiro atoms. The van der Waals surface area contributed by atoms with E-state index in [2.05, 4.69) is 58.2 Å². The number of halogens is 1. The summed E-state index contributed by atoms with van der Waals surface area (Å²) in [5, 5.41) is 0.426. The van der Waals surface area contributed by atoms with E-state index in [-0.39, 0.29) is 0 Å². The fraction of sp³-hybridized carbons (Fsp3) is 0.154. The number of aromatic nitrogens is 1. The van der Waals surface area contributed by atoms with Gasteiger partial charge in [0.1, 0.15) is 0 Å². The molecule has 0 bridgehead atoms. The summed E-state index contributed by atoms with van der Waals surface area (Å²) in [6.45, 7) is 2.20. The maximum Gasteiger partial charge on any atom is 0.0331 e. The molecule has 0 N–H and O–H groups in total. The van der Waals surface area contributed by atoms with Crippen molar-refractivity contribution in [1.29, 1.82) is 0 Å². The molecule has 0 saturated heterocycles. The van der Waals surface area contributed by atoms with Crippen LogP contribution < -0.4 is 0 Å². The molecule has 0 aliphatic rings. The van der Waals surface area contributed by atoms with Crippen molar-refractivity contribution < 1.29 is 0 Å². The monoisotopic (exact) mass is 293 g/mol. The quantitative estimate of drug-likeness (QED) is 0.761. The molecule has 82 valence electrons. The highest BCUT2D eigenvalue weighted by molar-refractivity contribution is 9.10. The first-order valence-electron chi connectivity index (χ1n) is 5.08. The summed E-state index contributed by atoms with van der Waals surface area (Å²) in [5.41, 5.74) is 1.26. The highest BCUT2D eigenvalue weighted by Gasteiger charge is 2.06. The predicted molar refractivity (Wildman–Crippen MR) is 72.7 cm³/mol. The molecule has 2 aromatic rings. The van der Waals surface area contributed by atoms with E-state index in [0.29, 0.717) is 5.25 Å². The SMILES string of the molecule is CC(Sc1ccc(Br)cc1)c1cccnc1. The van der Waals surface area contributed by atoms with Gasteiger partial charge in [-0.15, -0.1) is 11.8 Å². The summed E-state index contributed by atoms with van der Waals surface area (Å²) in [6.07, 6.45) is 3.73. The van der Waals surface area contributed by atoms with Crippen molar-refractivity contribution in [3.63, 3.8) is 0 Å². The Labute approximate surface area is 108 Å². The van der Waals surface area contributed by atoms with Crippen molar-refractivity contribution in [2.24, 2.45) is 0 Å². The molecule has 1 unspecified atom stereocenters. The molecular formula is C13H12BrNS. The number of thioether (sulfide) groups is 1. The number of hydrogen-bond acceptors (Lipinski definition) is 2. The molecule has 0 aliphatic carbocycles. The van der Waals surface area contributed by atoms with E-state index in [0.717, 1.165) is 4.47 Å². The number of pyridine rings is 1. The van der Waals surface area contributed by atoms with Crippen molar-refractivity contribution in [3.05, 3.63) is 58.8 Å². The van der Waals surface area contributed by atoms with Crippen molar-refractivity contribution in [2.75, 3.05) is 0 Å². The van der Waals surface area contributed by atoms with Gasteiger partial charge >= 0.3 is 0 Å². The van der Waals surface area contributed by atoms with Crippen molar-refractivity contribution in [3.8, 4) is 0 Å². The molecule has 0 saturated carbocycles.